The van der Waals surface area contributed by atoms with E-state index in [9.17, 15) is 9.59 Å². The van der Waals surface area contributed by atoms with Crippen LogP contribution in [-0.4, -0.2) is 85.0 Å². The molecule has 0 N–H and O–H groups in total. The second-order valence-corrected chi connectivity index (χ2v) is 8.44. The summed E-state index contributed by atoms with van der Waals surface area (Å²) in [5.74, 6) is 0.00846. The van der Waals surface area contributed by atoms with Crippen molar-refractivity contribution < 1.29 is 14.3 Å². The summed E-state index contributed by atoms with van der Waals surface area (Å²) in [6, 6.07) is 5.23. The minimum absolute atomic E-state index is 0.102. The van der Waals surface area contributed by atoms with Crippen molar-refractivity contribution in [1.82, 2.24) is 14.7 Å². The summed E-state index contributed by atoms with van der Waals surface area (Å²) < 4.78 is 5.69. The van der Waals surface area contributed by atoms with Gasteiger partial charge in [0.05, 0.1) is 16.1 Å². The van der Waals surface area contributed by atoms with Crippen molar-refractivity contribution in [3.63, 3.8) is 0 Å². The lowest BCUT2D eigenvalue weighted by atomic mass is 10.2. The highest BCUT2D eigenvalue weighted by molar-refractivity contribution is 6.42. The molecule has 0 aromatic heterocycles. The van der Waals surface area contributed by atoms with Crippen LogP contribution < -0.4 is 0 Å². The Morgan fingerprint density at radius 1 is 1.17 bits per heavy atom. The van der Waals surface area contributed by atoms with Gasteiger partial charge in [0.25, 0.3) is 0 Å². The number of hydrogen-bond acceptors (Lipinski definition) is 4. The lowest BCUT2D eigenvalue weighted by molar-refractivity contribution is -0.130. The number of hydrogen-bond donors (Lipinski definition) is 0. The standard InChI is InChI=1S/C22H29Cl2N3O3/c1-2-30-18-7-9-25(16-18)11-12-27-14-13-26(10-8-22(27)29)21(28)6-4-17-3-5-19(23)20(24)15-17/h3-6,15,18H,2,7-14,16H2,1H3/t18-/m0/s1. The molecule has 1 aromatic carbocycles. The van der Waals surface area contributed by atoms with E-state index in [1.54, 1.807) is 29.2 Å². The fraction of sp³-hybridized carbons (Fsp3) is 0.545. The lowest BCUT2D eigenvalue weighted by Crippen LogP contribution is -2.40. The maximum Gasteiger partial charge on any atom is 0.246 e. The second-order valence-electron chi connectivity index (χ2n) is 7.63. The molecule has 2 heterocycles. The third kappa shape index (κ3) is 6.45. The number of carbonyl (C=O) groups is 2. The van der Waals surface area contributed by atoms with E-state index in [1.165, 1.54) is 6.08 Å². The van der Waals surface area contributed by atoms with E-state index < -0.39 is 0 Å². The number of carbonyl (C=O) groups excluding carboxylic acids is 2. The third-order valence-electron chi connectivity index (χ3n) is 5.58. The molecule has 2 amide bonds. The minimum atomic E-state index is -0.102. The predicted octanol–water partition coefficient (Wildman–Crippen LogP) is 3.18. The van der Waals surface area contributed by atoms with Crippen LogP contribution in [0.25, 0.3) is 6.08 Å². The number of amides is 2. The number of ether oxygens (including phenoxy) is 1. The van der Waals surface area contributed by atoms with E-state index in [0.717, 1.165) is 38.2 Å². The molecule has 1 atom stereocenters. The Morgan fingerprint density at radius 2 is 2.00 bits per heavy atom. The second kappa shape index (κ2) is 11.1. The zero-order valence-corrected chi connectivity index (χ0v) is 18.9. The molecule has 0 spiro atoms. The quantitative estimate of drug-likeness (QED) is 0.594. The van der Waals surface area contributed by atoms with E-state index >= 15 is 0 Å². The first kappa shape index (κ1) is 23.1. The van der Waals surface area contributed by atoms with Gasteiger partial charge in [-0.1, -0.05) is 29.3 Å². The third-order valence-corrected chi connectivity index (χ3v) is 6.32. The van der Waals surface area contributed by atoms with Crippen LogP contribution in [0.1, 0.15) is 25.3 Å². The first-order valence-corrected chi connectivity index (χ1v) is 11.3. The van der Waals surface area contributed by atoms with Crippen molar-refractivity contribution in [3.8, 4) is 0 Å². The largest absolute Gasteiger partial charge is 0.377 e. The van der Waals surface area contributed by atoms with E-state index in [2.05, 4.69) is 4.90 Å². The van der Waals surface area contributed by atoms with Crippen molar-refractivity contribution in [2.24, 2.45) is 0 Å². The van der Waals surface area contributed by atoms with E-state index in [0.29, 0.717) is 48.7 Å². The van der Waals surface area contributed by atoms with Crippen LogP contribution in [0.3, 0.4) is 0 Å². The van der Waals surface area contributed by atoms with Crippen LogP contribution in [0.2, 0.25) is 10.0 Å². The fourth-order valence-electron chi connectivity index (χ4n) is 3.85. The van der Waals surface area contributed by atoms with E-state index in [4.69, 9.17) is 27.9 Å². The number of rotatable bonds is 7. The van der Waals surface area contributed by atoms with Crippen LogP contribution in [0.15, 0.2) is 24.3 Å². The average Bonchev–Trinajstić information content (AvgIpc) is 3.09. The van der Waals surface area contributed by atoms with Gasteiger partial charge in [0.1, 0.15) is 0 Å². The van der Waals surface area contributed by atoms with Gasteiger partial charge in [0.15, 0.2) is 0 Å². The number of nitrogens with zero attached hydrogens (tertiary/aromatic N) is 3. The molecule has 8 heteroatoms. The molecular weight excluding hydrogens is 425 g/mol. The zero-order chi connectivity index (χ0) is 21.5. The predicted molar refractivity (Wildman–Crippen MR) is 120 cm³/mol. The summed E-state index contributed by atoms with van der Waals surface area (Å²) in [6.07, 6.45) is 4.96. The molecule has 0 unspecified atom stereocenters. The Balaban J connectivity index is 1.48. The van der Waals surface area contributed by atoms with Crippen molar-refractivity contribution >= 4 is 41.1 Å². The topological polar surface area (TPSA) is 53.1 Å². The van der Waals surface area contributed by atoms with Gasteiger partial charge in [-0.05, 0) is 37.1 Å². The molecule has 3 rings (SSSR count). The number of likely N-dealkylation sites (tertiary alicyclic amines) is 1. The Morgan fingerprint density at radius 3 is 2.77 bits per heavy atom. The highest BCUT2D eigenvalue weighted by atomic mass is 35.5. The maximum atomic E-state index is 12.6. The van der Waals surface area contributed by atoms with Gasteiger partial charge in [-0.3, -0.25) is 14.5 Å². The lowest BCUT2D eigenvalue weighted by Gasteiger charge is -2.24. The maximum absolute atomic E-state index is 12.6. The molecule has 2 aliphatic rings. The van der Waals surface area contributed by atoms with Gasteiger partial charge < -0.3 is 14.5 Å². The SMILES string of the molecule is CCO[C@H]1CCN(CCN2CCN(C(=O)C=Cc3ccc(Cl)c(Cl)c3)CCC2=O)C1. The van der Waals surface area contributed by atoms with Gasteiger partial charge in [-0.2, -0.15) is 0 Å². The van der Waals surface area contributed by atoms with Gasteiger partial charge in [0, 0.05) is 64.9 Å². The first-order chi connectivity index (χ1) is 14.5. The van der Waals surface area contributed by atoms with Gasteiger partial charge in [-0.25, -0.2) is 0 Å². The van der Waals surface area contributed by atoms with Crippen LogP contribution in [0, 0.1) is 0 Å². The number of halogens is 2. The zero-order valence-electron chi connectivity index (χ0n) is 17.4. The molecule has 0 saturated carbocycles. The normalized spacial score (nSPS) is 20.9. The van der Waals surface area contributed by atoms with Gasteiger partial charge >= 0.3 is 0 Å². The van der Waals surface area contributed by atoms with E-state index in [1.807, 2.05) is 11.8 Å². The summed E-state index contributed by atoms with van der Waals surface area (Å²) in [6.45, 7) is 7.79. The Labute approximate surface area is 188 Å². The molecule has 0 radical (unpaired) electrons. The smallest absolute Gasteiger partial charge is 0.246 e. The van der Waals surface area contributed by atoms with Crippen molar-refractivity contribution in [3.05, 3.63) is 39.9 Å². The molecule has 2 saturated heterocycles. The monoisotopic (exact) mass is 453 g/mol. The molecule has 2 aliphatic heterocycles. The summed E-state index contributed by atoms with van der Waals surface area (Å²) in [5, 5.41) is 0.932. The fourth-order valence-corrected chi connectivity index (χ4v) is 4.15. The van der Waals surface area contributed by atoms with Crippen LogP contribution in [-0.2, 0) is 14.3 Å². The summed E-state index contributed by atoms with van der Waals surface area (Å²) in [7, 11) is 0. The highest BCUT2D eigenvalue weighted by Gasteiger charge is 2.26. The average molecular weight is 454 g/mol. The van der Waals surface area contributed by atoms with Crippen molar-refractivity contribution in [1.29, 1.82) is 0 Å². The highest BCUT2D eigenvalue weighted by Crippen LogP contribution is 2.23. The van der Waals surface area contributed by atoms with Crippen molar-refractivity contribution in [2.45, 2.75) is 25.9 Å². The van der Waals surface area contributed by atoms with Crippen LogP contribution >= 0.6 is 23.2 Å². The molecule has 1 aromatic rings. The molecule has 0 aliphatic carbocycles. The van der Waals surface area contributed by atoms with Gasteiger partial charge in [-0.15, -0.1) is 0 Å². The molecule has 0 bridgehead atoms. The molecular formula is C22H29Cl2N3O3. The minimum Gasteiger partial charge on any atom is -0.377 e. The Bertz CT molecular complexity index is 787. The van der Waals surface area contributed by atoms with Crippen LogP contribution in [0.5, 0.6) is 0 Å². The molecule has 6 nitrogen and oxygen atoms in total. The molecule has 30 heavy (non-hydrogen) atoms. The summed E-state index contributed by atoms with van der Waals surface area (Å²) >= 11 is 11.9. The molecule has 2 fully saturated rings. The van der Waals surface area contributed by atoms with E-state index in [-0.39, 0.29) is 11.8 Å². The Hall–Kier alpha value is -1.60. The van der Waals surface area contributed by atoms with Gasteiger partial charge in [0.2, 0.25) is 11.8 Å². The van der Waals surface area contributed by atoms with Crippen molar-refractivity contribution in [2.75, 3.05) is 52.4 Å². The summed E-state index contributed by atoms with van der Waals surface area (Å²) in [4.78, 5) is 31.0. The Kier molecular flexibility index (Phi) is 8.57. The first-order valence-electron chi connectivity index (χ1n) is 10.5. The molecule has 164 valence electrons. The van der Waals surface area contributed by atoms with Crippen LogP contribution in [0.4, 0.5) is 0 Å². The summed E-state index contributed by atoms with van der Waals surface area (Å²) in [5.41, 5.74) is 0.807. The number of benzene rings is 1.